The second-order valence-corrected chi connectivity index (χ2v) is 10.7. The highest BCUT2D eigenvalue weighted by Gasteiger charge is 2.19. The van der Waals surface area contributed by atoms with Crippen LogP contribution in [0.1, 0.15) is 41.5 Å². The average Bonchev–Trinajstić information content (AvgIpc) is 1.82. The second kappa shape index (κ2) is 4.31. The molecule has 0 atom stereocenters. The molecule has 0 radical (unpaired) electrons. The van der Waals surface area contributed by atoms with E-state index in [-0.39, 0.29) is 21.0 Å². The van der Waals surface area contributed by atoms with E-state index in [0.717, 1.165) is 0 Å². The smallest absolute Gasteiger partial charge is 0.0291 e. The van der Waals surface area contributed by atoms with Crippen LogP contribution in [0, 0.1) is 0 Å². The van der Waals surface area contributed by atoms with Crippen molar-refractivity contribution >= 4 is 32.7 Å². The molecular weight excluding hydrogens is 196 g/mol. The largest absolute Gasteiger partial charge is 0.178 e. The van der Waals surface area contributed by atoms with Gasteiger partial charge in [-0.15, -0.1) is 0 Å². The molecule has 0 unspecified atom stereocenters. The molecular formula is C11H24S2. The Hall–Kier alpha value is 0.440. The van der Waals surface area contributed by atoms with Gasteiger partial charge in [0.2, 0.25) is 0 Å². The van der Waals surface area contributed by atoms with E-state index in [1.54, 1.807) is 0 Å². The van der Waals surface area contributed by atoms with Gasteiger partial charge in [-0.3, -0.25) is 0 Å². The number of hydrogen-bond acceptors (Lipinski definition) is 0. The maximum absolute atomic E-state index is 4.26. The van der Waals surface area contributed by atoms with Crippen LogP contribution in [-0.4, -0.2) is 26.3 Å². The van der Waals surface area contributed by atoms with Crippen molar-refractivity contribution in [2.75, 3.05) is 5.08 Å². The minimum atomic E-state index is 0.236. The Morgan fingerprint density at radius 2 is 1.00 bits per heavy atom. The molecule has 0 rings (SSSR count). The molecule has 0 saturated carbocycles. The van der Waals surface area contributed by atoms with Gasteiger partial charge in [0.1, 0.15) is 0 Å². The van der Waals surface area contributed by atoms with Crippen LogP contribution in [0.25, 0.3) is 0 Å². The number of rotatable bonds is 2. The SMILES string of the molecule is C=S(CS(=C)C(C)(C)C)C(C)(C)C. The van der Waals surface area contributed by atoms with E-state index in [4.69, 9.17) is 0 Å². The molecule has 0 nitrogen and oxygen atoms in total. The normalized spacial score (nSPS) is 18.3. The van der Waals surface area contributed by atoms with Gasteiger partial charge in [0.15, 0.2) is 0 Å². The molecule has 0 aliphatic rings. The zero-order chi connectivity index (χ0) is 10.9. The van der Waals surface area contributed by atoms with Gasteiger partial charge in [-0.1, -0.05) is 53.3 Å². The van der Waals surface area contributed by atoms with Crippen LogP contribution in [0.4, 0.5) is 0 Å². The van der Waals surface area contributed by atoms with Gasteiger partial charge in [-0.2, -0.15) is 21.0 Å². The molecule has 0 aromatic heterocycles. The summed E-state index contributed by atoms with van der Waals surface area (Å²) in [5.41, 5.74) is 0. The average molecular weight is 220 g/mol. The third-order valence-corrected chi connectivity index (χ3v) is 7.76. The summed E-state index contributed by atoms with van der Waals surface area (Å²) in [7, 11) is 0.472. The Morgan fingerprint density at radius 1 is 0.769 bits per heavy atom. The first kappa shape index (κ1) is 13.4. The third-order valence-electron chi connectivity index (χ3n) is 2.02. The van der Waals surface area contributed by atoms with Crippen LogP contribution in [0.3, 0.4) is 0 Å². The lowest BCUT2D eigenvalue weighted by molar-refractivity contribution is 0.798. The van der Waals surface area contributed by atoms with Gasteiger partial charge in [0.05, 0.1) is 0 Å². The van der Waals surface area contributed by atoms with Crippen LogP contribution in [-0.2, 0) is 0 Å². The Bertz CT molecular complexity index is 189. The zero-order valence-corrected chi connectivity index (χ0v) is 11.6. The molecule has 13 heavy (non-hydrogen) atoms. The van der Waals surface area contributed by atoms with E-state index in [1.165, 1.54) is 5.08 Å². The van der Waals surface area contributed by atoms with Gasteiger partial charge in [0.25, 0.3) is 0 Å². The standard InChI is InChI=1S/C11H24S2/c1-10(2,3)12(7)9-13(8)11(4,5)6/h7-9H2,1-6H3. The monoisotopic (exact) mass is 220 g/mol. The minimum Gasteiger partial charge on any atom is -0.178 e. The third kappa shape index (κ3) is 5.02. The highest BCUT2D eigenvalue weighted by molar-refractivity contribution is 8.30. The zero-order valence-electron chi connectivity index (χ0n) is 9.94. The number of hydrogen-bond donors (Lipinski definition) is 0. The fraction of sp³-hybridized carbons (Fsp3) is 0.818. The van der Waals surface area contributed by atoms with Gasteiger partial charge in [0, 0.05) is 14.6 Å². The van der Waals surface area contributed by atoms with E-state index in [2.05, 4.69) is 53.3 Å². The second-order valence-electron chi connectivity index (χ2n) is 5.33. The fourth-order valence-electron chi connectivity index (χ4n) is 0.525. The summed E-state index contributed by atoms with van der Waals surface area (Å²) in [5.74, 6) is 8.52. The van der Waals surface area contributed by atoms with E-state index in [9.17, 15) is 0 Å². The van der Waals surface area contributed by atoms with Crippen molar-refractivity contribution < 1.29 is 0 Å². The minimum absolute atomic E-state index is 0.236. The Kier molecular flexibility index (Phi) is 4.45. The van der Waals surface area contributed by atoms with Crippen LogP contribution in [0.5, 0.6) is 0 Å². The van der Waals surface area contributed by atoms with Crippen LogP contribution in [0.2, 0.25) is 0 Å². The summed E-state index contributed by atoms with van der Waals surface area (Å²) in [6.45, 7) is 13.6. The van der Waals surface area contributed by atoms with Crippen molar-refractivity contribution in [2.24, 2.45) is 0 Å². The van der Waals surface area contributed by atoms with Gasteiger partial charge >= 0.3 is 0 Å². The predicted octanol–water partition coefficient (Wildman–Crippen LogP) is 3.94. The Labute approximate surface area is 89.0 Å². The van der Waals surface area contributed by atoms with E-state index >= 15 is 0 Å². The van der Waals surface area contributed by atoms with E-state index < -0.39 is 0 Å². The van der Waals surface area contributed by atoms with Gasteiger partial charge < -0.3 is 0 Å². The molecule has 0 N–H and O–H groups in total. The summed E-state index contributed by atoms with van der Waals surface area (Å²) >= 11 is 0. The summed E-state index contributed by atoms with van der Waals surface area (Å²) in [6, 6.07) is 0. The Balaban J connectivity index is 4.34. The molecule has 0 bridgehead atoms. The lowest BCUT2D eigenvalue weighted by Gasteiger charge is -2.30. The lowest BCUT2D eigenvalue weighted by Crippen LogP contribution is -2.16. The van der Waals surface area contributed by atoms with E-state index in [0.29, 0.717) is 9.49 Å². The molecule has 0 amide bonds. The molecule has 0 aromatic carbocycles. The maximum Gasteiger partial charge on any atom is 0.0291 e. The lowest BCUT2D eigenvalue weighted by atomic mass is 10.3. The van der Waals surface area contributed by atoms with Crippen LogP contribution >= 0.6 is 21.0 Å². The molecule has 0 aliphatic carbocycles. The van der Waals surface area contributed by atoms with Crippen molar-refractivity contribution in [1.29, 1.82) is 0 Å². The summed E-state index contributed by atoms with van der Waals surface area (Å²) < 4.78 is 0.683. The van der Waals surface area contributed by atoms with Crippen molar-refractivity contribution in [3.63, 3.8) is 0 Å². The molecule has 0 heterocycles. The van der Waals surface area contributed by atoms with E-state index in [1.807, 2.05) is 0 Å². The van der Waals surface area contributed by atoms with Crippen LogP contribution < -0.4 is 0 Å². The van der Waals surface area contributed by atoms with Crippen molar-refractivity contribution in [3.05, 3.63) is 0 Å². The quantitative estimate of drug-likeness (QED) is 0.618. The predicted molar refractivity (Wildman–Crippen MR) is 73.8 cm³/mol. The molecule has 0 aromatic rings. The Morgan fingerprint density at radius 3 is 1.15 bits per heavy atom. The van der Waals surface area contributed by atoms with Crippen LogP contribution in [0.15, 0.2) is 0 Å². The van der Waals surface area contributed by atoms with Crippen molar-refractivity contribution in [3.8, 4) is 0 Å². The molecule has 2 heteroatoms. The highest BCUT2D eigenvalue weighted by atomic mass is 32.2. The fourth-order valence-corrected chi connectivity index (χ4v) is 4.73. The first-order valence-corrected chi connectivity index (χ1v) is 7.69. The first-order chi connectivity index (χ1) is 5.55. The summed E-state index contributed by atoms with van der Waals surface area (Å²) in [6.07, 6.45) is 0. The van der Waals surface area contributed by atoms with Gasteiger partial charge in [-0.05, 0) is 0 Å². The highest BCUT2D eigenvalue weighted by Crippen LogP contribution is 2.40. The topological polar surface area (TPSA) is 0 Å². The summed E-state index contributed by atoms with van der Waals surface area (Å²) in [4.78, 5) is 0. The molecule has 80 valence electrons. The van der Waals surface area contributed by atoms with Crippen molar-refractivity contribution in [1.82, 2.24) is 0 Å². The maximum atomic E-state index is 4.26. The molecule has 0 aliphatic heterocycles. The van der Waals surface area contributed by atoms with Gasteiger partial charge in [-0.25, -0.2) is 0 Å². The molecule has 0 saturated heterocycles. The first-order valence-electron chi connectivity index (χ1n) is 4.56. The summed E-state index contributed by atoms with van der Waals surface area (Å²) in [5, 5.41) is 1.17. The molecule has 0 fully saturated rings. The van der Waals surface area contributed by atoms with Crippen molar-refractivity contribution in [2.45, 2.75) is 51.0 Å². The molecule has 0 spiro atoms.